The van der Waals surface area contributed by atoms with Gasteiger partial charge in [0.15, 0.2) is 29.2 Å². The molecular weight excluding hydrogens is 564 g/mol. The number of phenolic OH excluding ortho intramolecular Hbond substituents is 1. The number of phenols is 1. The van der Waals surface area contributed by atoms with Crippen LogP contribution < -0.4 is 30.3 Å². The van der Waals surface area contributed by atoms with Crippen LogP contribution in [-0.4, -0.2) is 62.1 Å². The number of esters is 1. The number of amides is 2. The number of rotatable bonds is 11. The zero-order valence-electron chi connectivity index (χ0n) is 21.2. The Morgan fingerprint density at radius 3 is 2.66 bits per heavy atom. The molecule has 0 unspecified atom stereocenters. The molecule has 0 bridgehead atoms. The van der Waals surface area contributed by atoms with Crippen molar-refractivity contribution in [1.82, 2.24) is 16.1 Å². The Kier molecular flexibility index (Phi) is 9.79. The molecule has 1 aliphatic heterocycles. The third-order valence-corrected chi connectivity index (χ3v) is 5.85. The number of carbonyl (C=O) groups is 2. The van der Waals surface area contributed by atoms with Crippen molar-refractivity contribution in [3.05, 3.63) is 57.2 Å². The minimum Gasteiger partial charge on any atom is -0.504 e. The number of carbonyl (C=O) groups excluding carboxylic acids is 2. The average Bonchev–Trinajstić information content (AvgIpc) is 2.88. The first-order chi connectivity index (χ1) is 18.2. The van der Waals surface area contributed by atoms with Crippen LogP contribution in [0, 0.1) is 0 Å². The lowest BCUT2D eigenvalue weighted by molar-refractivity contribution is -0.136. The van der Waals surface area contributed by atoms with E-state index in [4.69, 9.17) is 18.9 Å². The molecule has 2 aromatic carbocycles. The molecule has 38 heavy (non-hydrogen) atoms. The molecule has 2 amide bonds. The summed E-state index contributed by atoms with van der Waals surface area (Å²) in [6, 6.07) is 6.95. The van der Waals surface area contributed by atoms with Gasteiger partial charge in [-0.2, -0.15) is 5.10 Å². The van der Waals surface area contributed by atoms with Crippen LogP contribution in [0.5, 0.6) is 23.0 Å². The van der Waals surface area contributed by atoms with Gasteiger partial charge in [-0.15, -0.1) is 0 Å². The van der Waals surface area contributed by atoms with Crippen molar-refractivity contribution in [2.24, 2.45) is 5.10 Å². The van der Waals surface area contributed by atoms with E-state index in [9.17, 15) is 19.8 Å². The number of hydrogen-bond donors (Lipinski definition) is 5. The molecule has 0 spiro atoms. The summed E-state index contributed by atoms with van der Waals surface area (Å²) in [5, 5.41) is 29.7. The summed E-state index contributed by atoms with van der Waals surface area (Å²) in [7, 11) is 2.70. The van der Waals surface area contributed by atoms with E-state index >= 15 is 0 Å². The van der Waals surface area contributed by atoms with E-state index in [1.165, 1.54) is 20.4 Å². The lowest BCUT2D eigenvalue weighted by Crippen LogP contribution is -2.45. The Labute approximate surface area is 227 Å². The normalized spacial score (nSPS) is 15.9. The zero-order valence-corrected chi connectivity index (χ0v) is 22.8. The van der Waals surface area contributed by atoms with Crippen LogP contribution in [0.25, 0.3) is 0 Å². The van der Waals surface area contributed by atoms with Crippen LogP contribution in [0.1, 0.15) is 31.0 Å². The number of benzene rings is 2. The molecule has 3 rings (SSSR count). The van der Waals surface area contributed by atoms with Crippen molar-refractivity contribution < 1.29 is 38.7 Å². The van der Waals surface area contributed by atoms with E-state index in [0.29, 0.717) is 39.4 Å². The van der Waals surface area contributed by atoms with Gasteiger partial charge in [-0.05, 0) is 43.7 Å². The number of allylic oxidation sites excluding steroid dienone is 1. The monoisotopic (exact) mass is 592 g/mol. The molecule has 0 radical (unpaired) electrons. The lowest BCUT2D eigenvalue weighted by atomic mass is 9.95. The van der Waals surface area contributed by atoms with E-state index in [0.717, 1.165) is 0 Å². The Morgan fingerprint density at radius 1 is 1.21 bits per heavy atom. The van der Waals surface area contributed by atoms with E-state index in [-0.39, 0.29) is 23.7 Å². The first-order valence-corrected chi connectivity index (χ1v) is 12.3. The number of ether oxygens (including phenoxy) is 4. The summed E-state index contributed by atoms with van der Waals surface area (Å²) in [5.41, 5.74) is 4.10. The van der Waals surface area contributed by atoms with E-state index in [2.05, 4.69) is 37.1 Å². The topological polar surface area (TPSA) is 160 Å². The number of aliphatic hydroxyl groups is 1. The number of hydrogen-bond acceptors (Lipinski definition) is 10. The third kappa shape index (κ3) is 6.86. The molecule has 12 nitrogen and oxygen atoms in total. The number of urea groups is 1. The number of aromatic hydroxyl groups is 1. The fraction of sp³-hybridized carbons (Fsp3) is 0.320. The molecule has 13 heteroatoms. The summed E-state index contributed by atoms with van der Waals surface area (Å²) in [5.74, 6) is 0.267. The van der Waals surface area contributed by atoms with E-state index in [1.807, 2.05) is 0 Å². The van der Waals surface area contributed by atoms with Crippen LogP contribution in [0.2, 0.25) is 0 Å². The van der Waals surface area contributed by atoms with Gasteiger partial charge in [0.25, 0.3) is 0 Å². The summed E-state index contributed by atoms with van der Waals surface area (Å²) in [6.45, 7) is 3.54. The highest BCUT2D eigenvalue weighted by Crippen LogP contribution is 2.35. The Morgan fingerprint density at radius 2 is 1.97 bits per heavy atom. The first-order valence-electron chi connectivity index (χ1n) is 11.5. The van der Waals surface area contributed by atoms with Gasteiger partial charge in [0.1, 0.15) is 6.61 Å². The van der Waals surface area contributed by atoms with Crippen molar-refractivity contribution in [3.63, 3.8) is 0 Å². The Bertz CT molecular complexity index is 1250. The van der Waals surface area contributed by atoms with Gasteiger partial charge in [-0.3, -0.25) is 5.43 Å². The number of hydrazone groups is 1. The molecule has 2 aromatic rings. The molecule has 0 saturated heterocycles. The summed E-state index contributed by atoms with van der Waals surface area (Å²) < 4.78 is 22.1. The minimum atomic E-state index is -1.20. The Balaban J connectivity index is 1.72. The van der Waals surface area contributed by atoms with Gasteiger partial charge >= 0.3 is 12.0 Å². The summed E-state index contributed by atoms with van der Waals surface area (Å²) in [4.78, 5) is 24.5. The van der Waals surface area contributed by atoms with Crippen LogP contribution in [-0.2, 0) is 9.53 Å². The number of methoxy groups -OCH3 is 2. The van der Waals surface area contributed by atoms with Gasteiger partial charge in [0, 0.05) is 15.7 Å². The van der Waals surface area contributed by atoms with Crippen molar-refractivity contribution >= 4 is 34.1 Å². The second-order valence-electron chi connectivity index (χ2n) is 7.96. The first kappa shape index (κ1) is 28.6. The van der Waals surface area contributed by atoms with Crippen LogP contribution in [0.3, 0.4) is 0 Å². The van der Waals surface area contributed by atoms with Gasteiger partial charge in [-0.25, -0.2) is 9.59 Å². The molecule has 1 aliphatic rings. The molecular formula is C25H29BrN4O8. The second-order valence-corrected chi connectivity index (χ2v) is 8.88. The maximum Gasteiger partial charge on any atom is 0.337 e. The highest BCUT2D eigenvalue weighted by Gasteiger charge is 2.32. The number of nitrogens with one attached hydrogen (secondary N) is 3. The maximum atomic E-state index is 12.4. The SMILES string of the molecule is CCOc1cc([C@@H]2NC(=O)NC(C)=C2C(=O)OC)ccc1OC[C@@H](O)N/N=C\c1cc(Br)cc(OC)c1O. The quantitative estimate of drug-likeness (QED) is 0.114. The van der Waals surface area contributed by atoms with Gasteiger partial charge in [0.05, 0.1) is 38.7 Å². The van der Waals surface area contributed by atoms with Crippen molar-refractivity contribution in [2.75, 3.05) is 27.4 Å². The van der Waals surface area contributed by atoms with Crippen LogP contribution >= 0.6 is 15.9 Å². The fourth-order valence-electron chi connectivity index (χ4n) is 3.66. The molecule has 0 aliphatic carbocycles. The maximum absolute atomic E-state index is 12.4. The molecule has 1 heterocycles. The zero-order chi connectivity index (χ0) is 27.8. The van der Waals surface area contributed by atoms with Gasteiger partial charge in [-0.1, -0.05) is 22.0 Å². The molecule has 2 atom stereocenters. The number of nitrogens with zero attached hydrogens (tertiary/aromatic N) is 1. The predicted octanol–water partition coefficient (Wildman–Crippen LogP) is 2.68. The second kappa shape index (κ2) is 13.0. The van der Waals surface area contributed by atoms with Crippen LogP contribution in [0.4, 0.5) is 4.79 Å². The molecule has 0 saturated carbocycles. The minimum absolute atomic E-state index is 0.0984. The molecule has 204 valence electrons. The van der Waals surface area contributed by atoms with Gasteiger partial charge in [0.2, 0.25) is 0 Å². The average molecular weight is 593 g/mol. The lowest BCUT2D eigenvalue weighted by Gasteiger charge is -2.28. The standard InChI is InChI=1S/C25H29BrN4O8/c1-5-37-18-9-14(22-21(24(33)36-4)13(2)28-25(34)29-22)6-7-17(18)38-12-20(31)30-27-11-15-8-16(26)10-19(35-3)23(15)32/h6-11,20,22,30-32H,5,12H2,1-4H3,(H2,28,29,34)/b27-11-/t20-,22+/m1/s1. The fourth-order valence-corrected chi connectivity index (χ4v) is 4.12. The summed E-state index contributed by atoms with van der Waals surface area (Å²) >= 11 is 3.33. The predicted molar refractivity (Wildman–Crippen MR) is 141 cm³/mol. The third-order valence-electron chi connectivity index (χ3n) is 5.39. The summed E-state index contributed by atoms with van der Waals surface area (Å²) in [6.07, 6.45) is 0.130. The van der Waals surface area contributed by atoms with E-state index in [1.54, 1.807) is 44.2 Å². The smallest absolute Gasteiger partial charge is 0.337 e. The highest BCUT2D eigenvalue weighted by molar-refractivity contribution is 9.10. The molecule has 0 aromatic heterocycles. The number of halogens is 1. The van der Waals surface area contributed by atoms with Crippen molar-refractivity contribution in [1.29, 1.82) is 0 Å². The highest BCUT2D eigenvalue weighted by atomic mass is 79.9. The molecule has 5 N–H and O–H groups in total. The largest absolute Gasteiger partial charge is 0.504 e. The van der Waals surface area contributed by atoms with Crippen molar-refractivity contribution in [2.45, 2.75) is 26.1 Å². The number of aliphatic hydroxyl groups excluding tert-OH is 1. The van der Waals surface area contributed by atoms with E-state index < -0.39 is 24.3 Å². The van der Waals surface area contributed by atoms with Gasteiger partial charge < -0.3 is 39.8 Å². The van der Waals surface area contributed by atoms with Crippen molar-refractivity contribution in [3.8, 4) is 23.0 Å². The van der Waals surface area contributed by atoms with Crippen LogP contribution in [0.15, 0.2) is 51.2 Å². The Hall–Kier alpha value is -3.97. The molecule has 0 fully saturated rings.